The molecular formula is C24H21N3O6. The molecule has 0 fully saturated rings. The number of anilines is 1. The van der Waals surface area contributed by atoms with E-state index in [1.807, 2.05) is 30.3 Å². The van der Waals surface area contributed by atoms with Crippen LogP contribution < -0.4 is 25.6 Å². The largest absolute Gasteiger partial charge is 0.454 e. The molecular weight excluding hydrogens is 426 g/mol. The van der Waals surface area contributed by atoms with Crippen molar-refractivity contribution >= 4 is 23.4 Å². The average molecular weight is 447 g/mol. The monoisotopic (exact) mass is 447 g/mol. The summed E-state index contributed by atoms with van der Waals surface area (Å²) >= 11 is 0. The number of amides is 3. The zero-order valence-corrected chi connectivity index (χ0v) is 17.4. The highest BCUT2D eigenvalue weighted by Crippen LogP contribution is 2.32. The van der Waals surface area contributed by atoms with E-state index in [2.05, 4.69) is 10.6 Å². The van der Waals surface area contributed by atoms with Crippen LogP contribution in [0.3, 0.4) is 0 Å². The molecule has 3 aromatic carbocycles. The minimum Gasteiger partial charge on any atom is -0.454 e. The summed E-state index contributed by atoms with van der Waals surface area (Å²) in [6.07, 6.45) is 0.272. The molecule has 1 heterocycles. The molecule has 4 N–H and O–H groups in total. The molecule has 9 nitrogen and oxygen atoms in total. The van der Waals surface area contributed by atoms with E-state index in [-0.39, 0.29) is 18.8 Å². The summed E-state index contributed by atoms with van der Waals surface area (Å²) in [5.41, 5.74) is 3.42. The normalized spacial score (nSPS) is 12.5. The van der Waals surface area contributed by atoms with E-state index >= 15 is 0 Å². The first-order valence-electron chi connectivity index (χ1n) is 10.1. The van der Waals surface area contributed by atoms with Crippen LogP contribution in [0.15, 0.2) is 72.8 Å². The average Bonchev–Trinajstić information content (AvgIpc) is 3.32. The summed E-state index contributed by atoms with van der Waals surface area (Å²) in [5.74, 6) is -0.486. The van der Waals surface area contributed by atoms with Crippen molar-refractivity contribution in [3.63, 3.8) is 0 Å². The van der Waals surface area contributed by atoms with Crippen LogP contribution >= 0.6 is 0 Å². The van der Waals surface area contributed by atoms with Gasteiger partial charge in [0.05, 0.1) is 0 Å². The first-order chi connectivity index (χ1) is 16.0. The lowest BCUT2D eigenvalue weighted by Gasteiger charge is -2.19. The van der Waals surface area contributed by atoms with Gasteiger partial charge in [0, 0.05) is 23.2 Å². The molecule has 0 bridgehead atoms. The molecule has 0 saturated carbocycles. The van der Waals surface area contributed by atoms with Crippen LogP contribution in [0.25, 0.3) is 0 Å². The van der Waals surface area contributed by atoms with Gasteiger partial charge in [-0.25, -0.2) is 5.48 Å². The SMILES string of the molecule is O=C(NO)c1ccc(NC(=O)[C@H](Cc2ccccc2)NC(=O)c2ccc3c(c2)OCO3)cc1. The van der Waals surface area contributed by atoms with Crippen molar-refractivity contribution in [2.24, 2.45) is 0 Å². The second-order valence-corrected chi connectivity index (χ2v) is 7.29. The number of ether oxygens (including phenoxy) is 2. The fourth-order valence-electron chi connectivity index (χ4n) is 3.34. The van der Waals surface area contributed by atoms with Crippen molar-refractivity contribution in [3.8, 4) is 11.5 Å². The van der Waals surface area contributed by atoms with E-state index in [4.69, 9.17) is 14.7 Å². The first kappa shape index (κ1) is 21.8. The van der Waals surface area contributed by atoms with Crippen LogP contribution in [0.2, 0.25) is 0 Å². The Morgan fingerprint density at radius 3 is 2.27 bits per heavy atom. The van der Waals surface area contributed by atoms with Crippen molar-refractivity contribution in [2.75, 3.05) is 12.1 Å². The van der Waals surface area contributed by atoms with Crippen molar-refractivity contribution in [1.82, 2.24) is 10.8 Å². The predicted octanol–water partition coefficient (Wildman–Crippen LogP) is 2.51. The lowest BCUT2D eigenvalue weighted by Crippen LogP contribution is -2.45. The van der Waals surface area contributed by atoms with Crippen LogP contribution in [0.5, 0.6) is 11.5 Å². The van der Waals surface area contributed by atoms with E-state index < -0.39 is 23.8 Å². The molecule has 3 aromatic rings. The smallest absolute Gasteiger partial charge is 0.274 e. The highest BCUT2D eigenvalue weighted by atomic mass is 16.7. The van der Waals surface area contributed by atoms with Gasteiger partial charge in [0.1, 0.15) is 6.04 Å². The maximum Gasteiger partial charge on any atom is 0.274 e. The van der Waals surface area contributed by atoms with Gasteiger partial charge < -0.3 is 20.1 Å². The number of nitrogens with one attached hydrogen (secondary N) is 3. The van der Waals surface area contributed by atoms with Gasteiger partial charge in [-0.15, -0.1) is 0 Å². The Balaban J connectivity index is 1.50. The van der Waals surface area contributed by atoms with Gasteiger partial charge in [-0.1, -0.05) is 30.3 Å². The quantitative estimate of drug-likeness (QED) is 0.326. The highest BCUT2D eigenvalue weighted by molar-refractivity contribution is 6.02. The maximum atomic E-state index is 13.1. The van der Waals surface area contributed by atoms with Crippen LogP contribution in [0.1, 0.15) is 26.3 Å². The van der Waals surface area contributed by atoms with Crippen LogP contribution in [0, 0.1) is 0 Å². The standard InChI is InChI=1S/C24H21N3O6/c28-22(17-8-11-20-21(13-17)33-14-32-20)26-19(12-15-4-2-1-3-5-15)24(30)25-18-9-6-16(7-10-18)23(29)27-31/h1-11,13,19,31H,12,14H2,(H,25,30)(H,26,28)(H,27,29)/t19-/m0/s1. The molecule has 168 valence electrons. The van der Waals surface area contributed by atoms with Crippen molar-refractivity contribution in [3.05, 3.63) is 89.5 Å². The Bertz CT molecular complexity index is 1160. The van der Waals surface area contributed by atoms with Gasteiger partial charge in [0.2, 0.25) is 12.7 Å². The van der Waals surface area contributed by atoms with Crippen LogP contribution in [-0.2, 0) is 11.2 Å². The lowest BCUT2D eigenvalue weighted by molar-refractivity contribution is -0.118. The van der Waals surface area contributed by atoms with Crippen molar-refractivity contribution in [2.45, 2.75) is 12.5 Å². The van der Waals surface area contributed by atoms with Gasteiger partial charge in [0.25, 0.3) is 11.8 Å². The van der Waals surface area contributed by atoms with E-state index in [0.717, 1.165) is 5.56 Å². The Hall–Kier alpha value is -4.37. The van der Waals surface area contributed by atoms with Gasteiger partial charge in [0.15, 0.2) is 11.5 Å². The molecule has 0 spiro atoms. The molecule has 9 heteroatoms. The Kier molecular flexibility index (Phi) is 6.51. The molecule has 0 radical (unpaired) electrons. The number of hydrogen-bond acceptors (Lipinski definition) is 6. The second kappa shape index (κ2) is 9.84. The summed E-state index contributed by atoms with van der Waals surface area (Å²) < 4.78 is 10.6. The summed E-state index contributed by atoms with van der Waals surface area (Å²) in [6, 6.07) is 19.2. The fraction of sp³-hybridized carbons (Fsp3) is 0.125. The topological polar surface area (TPSA) is 126 Å². The van der Waals surface area contributed by atoms with Crippen LogP contribution in [0.4, 0.5) is 5.69 Å². The number of fused-ring (bicyclic) bond motifs is 1. The van der Waals surface area contributed by atoms with Crippen molar-refractivity contribution in [1.29, 1.82) is 0 Å². The molecule has 0 saturated heterocycles. The lowest BCUT2D eigenvalue weighted by atomic mass is 10.0. The third-order valence-electron chi connectivity index (χ3n) is 5.06. The molecule has 1 atom stereocenters. The van der Waals surface area contributed by atoms with Gasteiger partial charge in [-0.2, -0.15) is 0 Å². The number of rotatable bonds is 7. The zero-order chi connectivity index (χ0) is 23.2. The zero-order valence-electron chi connectivity index (χ0n) is 17.4. The summed E-state index contributed by atoms with van der Waals surface area (Å²) in [6.45, 7) is 0.0954. The summed E-state index contributed by atoms with van der Waals surface area (Å²) in [4.78, 5) is 37.4. The number of carbonyl (C=O) groups excluding carboxylic acids is 3. The van der Waals surface area contributed by atoms with E-state index in [9.17, 15) is 14.4 Å². The molecule has 4 rings (SSSR count). The number of hydrogen-bond donors (Lipinski definition) is 4. The third kappa shape index (κ3) is 5.28. The van der Waals surface area contributed by atoms with E-state index in [0.29, 0.717) is 22.7 Å². The molecule has 1 aliphatic heterocycles. The fourth-order valence-corrected chi connectivity index (χ4v) is 3.34. The minimum absolute atomic E-state index is 0.0954. The van der Waals surface area contributed by atoms with E-state index in [1.165, 1.54) is 24.3 Å². The predicted molar refractivity (Wildman–Crippen MR) is 118 cm³/mol. The molecule has 0 aliphatic carbocycles. The van der Waals surface area contributed by atoms with E-state index in [1.54, 1.807) is 23.7 Å². The van der Waals surface area contributed by atoms with Gasteiger partial charge >= 0.3 is 0 Å². The molecule has 0 aromatic heterocycles. The molecule has 0 unspecified atom stereocenters. The minimum atomic E-state index is -0.870. The van der Waals surface area contributed by atoms with Crippen molar-refractivity contribution < 1.29 is 29.1 Å². The third-order valence-corrected chi connectivity index (χ3v) is 5.06. The molecule has 1 aliphatic rings. The first-order valence-corrected chi connectivity index (χ1v) is 10.1. The Morgan fingerprint density at radius 2 is 1.55 bits per heavy atom. The number of benzene rings is 3. The Labute approximate surface area is 189 Å². The number of carbonyl (C=O) groups is 3. The molecule has 3 amide bonds. The number of hydroxylamine groups is 1. The van der Waals surface area contributed by atoms with Gasteiger partial charge in [-0.3, -0.25) is 19.6 Å². The van der Waals surface area contributed by atoms with Gasteiger partial charge in [-0.05, 0) is 48.0 Å². The molecule has 33 heavy (non-hydrogen) atoms. The summed E-state index contributed by atoms with van der Waals surface area (Å²) in [7, 11) is 0. The second-order valence-electron chi connectivity index (χ2n) is 7.29. The van der Waals surface area contributed by atoms with Crippen LogP contribution in [-0.4, -0.2) is 35.8 Å². The Morgan fingerprint density at radius 1 is 0.848 bits per heavy atom. The highest BCUT2D eigenvalue weighted by Gasteiger charge is 2.24. The maximum absolute atomic E-state index is 13.1. The summed E-state index contributed by atoms with van der Waals surface area (Å²) in [5, 5.41) is 14.3.